The molecule has 3 N–H and O–H groups in total. The molecule has 2 aromatic heterocycles. The summed E-state index contributed by atoms with van der Waals surface area (Å²) in [6.45, 7) is 6.02. The molecule has 11 nitrogen and oxygen atoms in total. The molecule has 0 amide bonds. The van der Waals surface area contributed by atoms with E-state index in [4.69, 9.17) is 15.2 Å². The third-order valence-corrected chi connectivity index (χ3v) is 6.54. The number of hydrogen-bond donors (Lipinski definition) is 2. The van der Waals surface area contributed by atoms with Crippen LogP contribution in [0.15, 0.2) is 24.4 Å². The van der Waals surface area contributed by atoms with Gasteiger partial charge in [0.2, 0.25) is 0 Å². The van der Waals surface area contributed by atoms with E-state index in [0.717, 1.165) is 28.9 Å². The first-order valence-corrected chi connectivity index (χ1v) is 11.3. The minimum absolute atomic E-state index is 0.00176. The Labute approximate surface area is 202 Å². The summed E-state index contributed by atoms with van der Waals surface area (Å²) in [5.41, 5.74) is 11.8. The first-order chi connectivity index (χ1) is 16.9. The zero-order chi connectivity index (χ0) is 24.7. The summed E-state index contributed by atoms with van der Waals surface area (Å²) in [5, 5.41) is 21.4. The SMILES string of the molecule is COc1cc(-n2cc(CN3C[C@@H](c4ccc5c(c4C)COC5=O)N[C@@H](N)C3)nn2)nc(C)c1C#N. The van der Waals surface area contributed by atoms with Crippen molar-refractivity contribution in [1.82, 2.24) is 30.2 Å². The van der Waals surface area contributed by atoms with Gasteiger partial charge in [0.1, 0.15) is 24.0 Å². The number of piperazine rings is 1. The number of carbonyl (C=O) groups excluding carboxylic acids is 1. The van der Waals surface area contributed by atoms with E-state index >= 15 is 0 Å². The van der Waals surface area contributed by atoms with Gasteiger partial charge in [-0.05, 0) is 31.0 Å². The third kappa shape index (κ3) is 4.23. The molecule has 35 heavy (non-hydrogen) atoms. The number of ether oxygens (including phenoxy) is 2. The van der Waals surface area contributed by atoms with Crippen molar-refractivity contribution < 1.29 is 14.3 Å². The Morgan fingerprint density at radius 2 is 2.17 bits per heavy atom. The normalized spacial score (nSPS) is 19.8. The van der Waals surface area contributed by atoms with Crippen molar-refractivity contribution in [2.75, 3.05) is 20.2 Å². The molecule has 1 saturated heterocycles. The Kier molecular flexibility index (Phi) is 5.94. The van der Waals surface area contributed by atoms with Crippen molar-refractivity contribution in [2.24, 2.45) is 5.73 Å². The Morgan fingerprint density at radius 1 is 1.34 bits per heavy atom. The number of fused-ring (bicyclic) bond motifs is 1. The number of nitrogens with zero attached hydrogens (tertiary/aromatic N) is 6. The largest absolute Gasteiger partial charge is 0.495 e. The van der Waals surface area contributed by atoms with Crippen LogP contribution in [0.1, 0.15) is 50.0 Å². The maximum atomic E-state index is 11.9. The predicted molar refractivity (Wildman–Crippen MR) is 125 cm³/mol. The third-order valence-electron chi connectivity index (χ3n) is 6.54. The smallest absolute Gasteiger partial charge is 0.338 e. The van der Waals surface area contributed by atoms with E-state index in [1.54, 1.807) is 17.7 Å². The lowest BCUT2D eigenvalue weighted by Crippen LogP contribution is -2.56. The molecule has 3 aromatic rings. The number of carbonyl (C=O) groups is 1. The number of rotatable bonds is 5. The minimum atomic E-state index is -0.266. The average Bonchev–Trinajstić information content (AvgIpc) is 3.45. The summed E-state index contributed by atoms with van der Waals surface area (Å²) in [5.74, 6) is 0.703. The molecule has 4 heterocycles. The molecule has 1 fully saturated rings. The van der Waals surface area contributed by atoms with Crippen LogP contribution in [-0.2, 0) is 17.9 Å². The lowest BCUT2D eigenvalue weighted by atomic mass is 9.93. The number of nitriles is 1. The molecule has 0 unspecified atom stereocenters. The van der Waals surface area contributed by atoms with Crippen LogP contribution in [0.4, 0.5) is 0 Å². The number of hydrogen-bond acceptors (Lipinski definition) is 10. The lowest BCUT2D eigenvalue weighted by Gasteiger charge is -2.38. The number of cyclic esters (lactones) is 1. The number of nitrogens with one attached hydrogen (secondary N) is 1. The van der Waals surface area contributed by atoms with Gasteiger partial charge in [-0.3, -0.25) is 10.2 Å². The van der Waals surface area contributed by atoms with Gasteiger partial charge in [-0.15, -0.1) is 5.10 Å². The number of aryl methyl sites for hydroxylation is 1. The summed E-state index contributed by atoms with van der Waals surface area (Å²) in [6.07, 6.45) is 1.60. The molecule has 0 bridgehead atoms. The number of benzene rings is 1. The number of esters is 1. The van der Waals surface area contributed by atoms with E-state index in [1.165, 1.54) is 7.11 Å². The van der Waals surface area contributed by atoms with Crippen molar-refractivity contribution in [1.29, 1.82) is 5.26 Å². The van der Waals surface area contributed by atoms with Crippen LogP contribution >= 0.6 is 0 Å². The monoisotopic (exact) mass is 474 g/mol. The van der Waals surface area contributed by atoms with Crippen LogP contribution in [0, 0.1) is 25.2 Å². The van der Waals surface area contributed by atoms with E-state index in [-0.39, 0.29) is 18.2 Å². The topological polar surface area (TPSA) is 144 Å². The van der Waals surface area contributed by atoms with E-state index < -0.39 is 0 Å². The van der Waals surface area contributed by atoms with Crippen molar-refractivity contribution in [3.63, 3.8) is 0 Å². The molecule has 2 aliphatic heterocycles. The van der Waals surface area contributed by atoms with Crippen molar-refractivity contribution in [3.05, 3.63) is 63.6 Å². The summed E-state index contributed by atoms with van der Waals surface area (Å²) >= 11 is 0. The molecule has 0 radical (unpaired) electrons. The number of nitrogens with two attached hydrogens (primary N) is 1. The second-order valence-electron chi connectivity index (χ2n) is 8.81. The first-order valence-electron chi connectivity index (χ1n) is 11.3. The van der Waals surface area contributed by atoms with Gasteiger partial charge in [-0.25, -0.2) is 14.5 Å². The van der Waals surface area contributed by atoms with Crippen LogP contribution in [0.2, 0.25) is 0 Å². The van der Waals surface area contributed by atoms with Gasteiger partial charge >= 0.3 is 5.97 Å². The maximum Gasteiger partial charge on any atom is 0.338 e. The fourth-order valence-corrected chi connectivity index (χ4v) is 4.79. The Hall–Kier alpha value is -3.85. The zero-order valence-corrected chi connectivity index (χ0v) is 19.8. The van der Waals surface area contributed by atoms with Gasteiger partial charge in [0, 0.05) is 37.3 Å². The fourth-order valence-electron chi connectivity index (χ4n) is 4.79. The fraction of sp³-hybridized carbons (Fsp3) is 0.375. The Bertz CT molecular complexity index is 1350. The Morgan fingerprint density at radius 3 is 2.94 bits per heavy atom. The number of methoxy groups -OCH3 is 1. The molecule has 11 heteroatoms. The van der Waals surface area contributed by atoms with Gasteiger partial charge in [-0.2, -0.15) is 5.26 Å². The highest BCUT2D eigenvalue weighted by Gasteiger charge is 2.30. The van der Waals surface area contributed by atoms with Crippen LogP contribution < -0.4 is 15.8 Å². The van der Waals surface area contributed by atoms with Crippen molar-refractivity contribution >= 4 is 5.97 Å². The minimum Gasteiger partial charge on any atom is -0.495 e. The highest BCUT2D eigenvalue weighted by Crippen LogP contribution is 2.31. The van der Waals surface area contributed by atoms with Crippen molar-refractivity contribution in [3.8, 4) is 17.6 Å². The number of aromatic nitrogens is 4. The highest BCUT2D eigenvalue weighted by atomic mass is 16.5. The van der Waals surface area contributed by atoms with Crippen LogP contribution in [0.3, 0.4) is 0 Å². The average molecular weight is 475 g/mol. The van der Waals surface area contributed by atoms with E-state index in [1.807, 2.05) is 25.3 Å². The zero-order valence-electron chi connectivity index (χ0n) is 19.8. The molecule has 0 spiro atoms. The van der Waals surface area contributed by atoms with E-state index in [2.05, 4.69) is 31.6 Å². The van der Waals surface area contributed by atoms with Crippen molar-refractivity contribution in [2.45, 2.75) is 39.2 Å². The molecule has 0 aliphatic carbocycles. The predicted octanol–water partition coefficient (Wildman–Crippen LogP) is 1.26. The van der Waals surface area contributed by atoms with Crippen LogP contribution in [-0.4, -0.2) is 57.2 Å². The summed E-state index contributed by atoms with van der Waals surface area (Å²) < 4.78 is 12.1. The van der Waals surface area contributed by atoms with Gasteiger partial charge in [0.25, 0.3) is 0 Å². The molecule has 5 rings (SSSR count). The first kappa shape index (κ1) is 22.9. The summed E-state index contributed by atoms with van der Waals surface area (Å²) in [7, 11) is 1.52. The molecule has 180 valence electrons. The molecule has 1 aromatic carbocycles. The van der Waals surface area contributed by atoms with E-state index in [0.29, 0.717) is 48.1 Å². The maximum absolute atomic E-state index is 11.9. The molecule has 2 aliphatic rings. The number of pyridine rings is 1. The standard InChI is InChI=1S/C24H26N8O3/c1-13-16(4-5-17-19(13)12-35-24(17)33)20-10-31(11-22(26)28-20)8-15-9-32(30-29-15)23-6-21(34-3)18(7-25)14(2)27-23/h4-6,9,20,22,28H,8,10-12,26H2,1-3H3/t20-,22+/m0/s1. The van der Waals surface area contributed by atoms with Crippen LogP contribution in [0.5, 0.6) is 5.75 Å². The molecular formula is C24H26N8O3. The van der Waals surface area contributed by atoms with Gasteiger partial charge in [0.05, 0.1) is 36.4 Å². The second kappa shape index (κ2) is 9.07. The van der Waals surface area contributed by atoms with Gasteiger partial charge in [-0.1, -0.05) is 11.3 Å². The quantitative estimate of drug-likeness (QED) is 0.519. The van der Waals surface area contributed by atoms with Crippen LogP contribution in [0.25, 0.3) is 5.82 Å². The second-order valence-corrected chi connectivity index (χ2v) is 8.81. The lowest BCUT2D eigenvalue weighted by molar-refractivity contribution is 0.0535. The van der Waals surface area contributed by atoms with Gasteiger partial charge in [0.15, 0.2) is 5.82 Å². The Balaban J connectivity index is 1.34. The molecular weight excluding hydrogens is 448 g/mol. The van der Waals surface area contributed by atoms with E-state index in [9.17, 15) is 10.1 Å². The molecule has 0 saturated carbocycles. The highest BCUT2D eigenvalue weighted by molar-refractivity contribution is 5.94. The molecule has 2 atom stereocenters. The summed E-state index contributed by atoms with van der Waals surface area (Å²) in [4.78, 5) is 18.6. The summed E-state index contributed by atoms with van der Waals surface area (Å²) in [6, 6.07) is 7.61. The van der Waals surface area contributed by atoms with Gasteiger partial charge < -0.3 is 15.2 Å².